The first kappa shape index (κ1) is 91.8. The minimum Gasteiger partial charge on any atom is -0.756 e. The number of carbonyl (C=O) groups is 2. The average Bonchev–Trinajstić information content (AvgIpc) is 2.61. The molecule has 0 aromatic heterocycles. The Bertz CT molecular complexity index is 1570. The second-order valence-corrected chi connectivity index (χ2v) is 31.6. The SMILES string of the molecule is CCCCCCCCCC/C=C/CCCCCCCCCCCCCCCCCCCC(=O)OC(COC(=O)CCCCCCCCCCCCCCCCCCCCCCCCCCCCCCCCCCCCCCCCCC)COP(=O)([O-])OCC[N+](C)(C)C. The molecule has 0 aromatic rings. The van der Waals surface area contributed by atoms with Gasteiger partial charge in [-0.1, -0.05) is 418 Å². The Hall–Kier alpha value is -1.25. The van der Waals surface area contributed by atoms with E-state index in [0.717, 1.165) is 32.1 Å². The molecule has 0 aliphatic rings. The Labute approximate surface area is 581 Å². The summed E-state index contributed by atoms with van der Waals surface area (Å²) in [5, 5.41) is 0. The molecule has 0 saturated carbocycles. The van der Waals surface area contributed by atoms with Crippen molar-refractivity contribution in [1.82, 2.24) is 0 Å². The minimum atomic E-state index is -4.64. The van der Waals surface area contributed by atoms with Crippen LogP contribution in [0.15, 0.2) is 12.2 Å². The molecule has 0 aliphatic heterocycles. The van der Waals surface area contributed by atoms with Crippen LogP contribution in [-0.2, 0) is 32.7 Å². The number of carbonyl (C=O) groups excluding carboxylic acids is 2. The van der Waals surface area contributed by atoms with Gasteiger partial charge < -0.3 is 27.9 Å². The third-order valence-corrected chi connectivity index (χ3v) is 20.5. The Morgan fingerprint density at radius 2 is 0.548 bits per heavy atom. The molecular formula is C83H164NO8P. The topological polar surface area (TPSA) is 111 Å². The molecule has 0 N–H and O–H groups in total. The number of allylic oxidation sites excluding steroid dienone is 2. The first-order chi connectivity index (χ1) is 45.5. The number of quaternary nitrogens is 1. The van der Waals surface area contributed by atoms with Gasteiger partial charge in [0.15, 0.2) is 6.10 Å². The second kappa shape index (κ2) is 75.0. The van der Waals surface area contributed by atoms with Crippen LogP contribution in [0.2, 0.25) is 0 Å². The van der Waals surface area contributed by atoms with Crippen molar-refractivity contribution in [2.75, 3.05) is 47.5 Å². The van der Waals surface area contributed by atoms with E-state index in [2.05, 4.69) is 26.0 Å². The Morgan fingerprint density at radius 1 is 0.323 bits per heavy atom. The largest absolute Gasteiger partial charge is 0.756 e. The molecule has 0 bridgehead atoms. The molecule has 0 aliphatic carbocycles. The summed E-state index contributed by atoms with van der Waals surface area (Å²) < 4.78 is 34.4. The smallest absolute Gasteiger partial charge is 0.306 e. The van der Waals surface area contributed by atoms with Gasteiger partial charge in [-0.2, -0.15) is 0 Å². The zero-order valence-corrected chi connectivity index (χ0v) is 64.4. The molecule has 554 valence electrons. The quantitative estimate of drug-likeness (QED) is 0.0195. The number of hydrogen-bond donors (Lipinski definition) is 0. The van der Waals surface area contributed by atoms with E-state index in [1.165, 1.54) is 392 Å². The predicted molar refractivity (Wildman–Crippen MR) is 402 cm³/mol. The number of likely N-dealkylation sites (N-methyl/N-ethyl adjacent to an activating group) is 1. The molecule has 2 atom stereocenters. The van der Waals surface area contributed by atoms with Crippen molar-refractivity contribution in [2.24, 2.45) is 0 Å². The van der Waals surface area contributed by atoms with Gasteiger partial charge in [-0.3, -0.25) is 14.2 Å². The molecule has 0 saturated heterocycles. The monoisotopic (exact) mass is 1330 g/mol. The van der Waals surface area contributed by atoms with Crippen molar-refractivity contribution in [2.45, 2.75) is 463 Å². The molecule has 93 heavy (non-hydrogen) atoms. The molecule has 0 radical (unpaired) electrons. The summed E-state index contributed by atoms with van der Waals surface area (Å²) in [6.45, 7) is 4.34. The lowest BCUT2D eigenvalue weighted by Gasteiger charge is -2.28. The van der Waals surface area contributed by atoms with E-state index < -0.39 is 26.5 Å². The van der Waals surface area contributed by atoms with Gasteiger partial charge in [-0.15, -0.1) is 0 Å². The van der Waals surface area contributed by atoms with Gasteiger partial charge >= 0.3 is 11.9 Å². The van der Waals surface area contributed by atoms with Gasteiger partial charge in [-0.25, -0.2) is 0 Å². The van der Waals surface area contributed by atoms with Crippen LogP contribution in [0.3, 0.4) is 0 Å². The van der Waals surface area contributed by atoms with Crippen LogP contribution in [0.1, 0.15) is 457 Å². The minimum absolute atomic E-state index is 0.0258. The first-order valence-electron chi connectivity index (χ1n) is 41.9. The van der Waals surface area contributed by atoms with Crippen molar-refractivity contribution in [3.05, 3.63) is 12.2 Å². The number of ether oxygens (including phenoxy) is 2. The number of nitrogens with zero attached hydrogens (tertiary/aromatic N) is 1. The molecule has 2 unspecified atom stereocenters. The lowest BCUT2D eigenvalue weighted by atomic mass is 10.0. The third kappa shape index (κ3) is 79.6. The maximum atomic E-state index is 12.9. The number of phosphoric acid groups is 1. The maximum Gasteiger partial charge on any atom is 0.306 e. The van der Waals surface area contributed by atoms with E-state index in [9.17, 15) is 19.0 Å². The van der Waals surface area contributed by atoms with Crippen molar-refractivity contribution in [3.8, 4) is 0 Å². The van der Waals surface area contributed by atoms with E-state index in [4.69, 9.17) is 18.5 Å². The number of unbranched alkanes of at least 4 members (excludes halogenated alkanes) is 64. The Balaban J connectivity index is 3.84. The number of esters is 2. The lowest BCUT2D eigenvalue weighted by Crippen LogP contribution is -2.37. The zero-order valence-electron chi connectivity index (χ0n) is 63.5. The summed E-state index contributed by atoms with van der Waals surface area (Å²) in [6, 6.07) is 0. The van der Waals surface area contributed by atoms with E-state index >= 15 is 0 Å². The highest BCUT2D eigenvalue weighted by Gasteiger charge is 2.22. The predicted octanol–water partition coefficient (Wildman–Crippen LogP) is 27.2. The first-order valence-corrected chi connectivity index (χ1v) is 43.4. The Kier molecular flexibility index (Phi) is 74.0. The molecule has 0 aromatic carbocycles. The standard InChI is InChI=1S/C83H164NO8P/c1-6-8-10-12-14-16-18-20-22-24-26-28-30-32-34-36-37-38-39-40-41-42-43-44-45-46-48-49-51-53-55-57-59-61-63-65-67-69-71-73-75-82(85)89-79-81(80-91-93(87,88)90-78-77-84(3,4)5)92-83(86)76-74-72-70-68-66-64-62-60-58-56-54-52-50-47-35-33-31-29-27-25-23-21-19-17-15-13-11-9-7-2/h25,27,81H,6-24,26,28-80H2,1-5H3/b27-25+. The molecule has 9 nitrogen and oxygen atoms in total. The van der Waals surface area contributed by atoms with Crippen LogP contribution in [0.25, 0.3) is 0 Å². The summed E-state index contributed by atoms with van der Waals surface area (Å²) in [7, 11) is 1.20. The third-order valence-electron chi connectivity index (χ3n) is 19.5. The zero-order chi connectivity index (χ0) is 67.6. The summed E-state index contributed by atoms with van der Waals surface area (Å²) in [5.74, 6) is -0.803. The molecule has 0 amide bonds. The van der Waals surface area contributed by atoms with E-state index in [-0.39, 0.29) is 32.0 Å². The van der Waals surface area contributed by atoms with Crippen molar-refractivity contribution in [3.63, 3.8) is 0 Å². The number of phosphoric ester groups is 1. The van der Waals surface area contributed by atoms with E-state index in [1.807, 2.05) is 21.1 Å². The fourth-order valence-electron chi connectivity index (χ4n) is 13.1. The molecular weight excluding hydrogens is 1170 g/mol. The van der Waals surface area contributed by atoms with Gasteiger partial charge in [0.25, 0.3) is 7.82 Å². The number of hydrogen-bond acceptors (Lipinski definition) is 8. The normalized spacial score (nSPS) is 13.0. The Morgan fingerprint density at radius 3 is 0.796 bits per heavy atom. The van der Waals surface area contributed by atoms with Crippen molar-refractivity contribution < 1.29 is 42.1 Å². The van der Waals surface area contributed by atoms with Crippen LogP contribution in [0, 0.1) is 0 Å². The van der Waals surface area contributed by atoms with Crippen LogP contribution < -0.4 is 4.89 Å². The van der Waals surface area contributed by atoms with Gasteiger partial charge in [-0.05, 0) is 38.5 Å². The molecule has 0 heterocycles. The summed E-state index contributed by atoms with van der Waals surface area (Å²) in [6.07, 6.45) is 95.1. The molecule has 10 heteroatoms. The average molecular weight is 1340 g/mol. The summed E-state index contributed by atoms with van der Waals surface area (Å²) in [5.41, 5.74) is 0. The fourth-order valence-corrected chi connectivity index (χ4v) is 13.9. The molecule has 0 spiro atoms. The summed E-state index contributed by atoms with van der Waals surface area (Å²) >= 11 is 0. The van der Waals surface area contributed by atoms with Gasteiger partial charge in [0.05, 0.1) is 27.7 Å². The van der Waals surface area contributed by atoms with Gasteiger partial charge in [0.1, 0.15) is 19.8 Å². The molecule has 0 fully saturated rings. The highest BCUT2D eigenvalue weighted by molar-refractivity contribution is 7.45. The van der Waals surface area contributed by atoms with Gasteiger partial charge in [0.2, 0.25) is 0 Å². The van der Waals surface area contributed by atoms with Gasteiger partial charge in [0, 0.05) is 12.8 Å². The van der Waals surface area contributed by atoms with Crippen molar-refractivity contribution >= 4 is 19.8 Å². The van der Waals surface area contributed by atoms with E-state index in [0.29, 0.717) is 17.4 Å². The van der Waals surface area contributed by atoms with Crippen LogP contribution in [0.5, 0.6) is 0 Å². The van der Waals surface area contributed by atoms with Crippen LogP contribution in [-0.4, -0.2) is 70.0 Å². The number of rotatable bonds is 80. The molecule has 0 rings (SSSR count). The van der Waals surface area contributed by atoms with Crippen molar-refractivity contribution in [1.29, 1.82) is 0 Å². The lowest BCUT2D eigenvalue weighted by molar-refractivity contribution is -0.870. The van der Waals surface area contributed by atoms with E-state index in [1.54, 1.807) is 0 Å². The van der Waals surface area contributed by atoms with Crippen LogP contribution >= 0.6 is 7.82 Å². The highest BCUT2D eigenvalue weighted by atomic mass is 31.2. The second-order valence-electron chi connectivity index (χ2n) is 30.2. The fraction of sp³-hybridized carbons (Fsp3) is 0.952. The highest BCUT2D eigenvalue weighted by Crippen LogP contribution is 2.38. The summed E-state index contributed by atoms with van der Waals surface area (Å²) in [4.78, 5) is 38.2. The maximum absolute atomic E-state index is 12.9. The van der Waals surface area contributed by atoms with Crippen LogP contribution in [0.4, 0.5) is 0 Å².